The second-order valence-electron chi connectivity index (χ2n) is 4.79. The maximum atomic E-state index is 11.9. The van der Waals surface area contributed by atoms with E-state index in [0.29, 0.717) is 23.4 Å². The Balaban J connectivity index is 1.86. The molecule has 18 heavy (non-hydrogen) atoms. The number of benzene rings is 1. The van der Waals surface area contributed by atoms with Gasteiger partial charge in [-0.15, -0.1) is 23.5 Å². The first kappa shape index (κ1) is 10.9. The van der Waals surface area contributed by atoms with Crippen LogP contribution >= 0.6 is 23.5 Å². The van der Waals surface area contributed by atoms with Crippen LogP contribution in [-0.2, 0) is 0 Å². The van der Waals surface area contributed by atoms with Crippen molar-refractivity contribution in [3.8, 4) is 0 Å². The van der Waals surface area contributed by atoms with Gasteiger partial charge in [0.25, 0.3) is 0 Å². The van der Waals surface area contributed by atoms with Crippen molar-refractivity contribution in [2.45, 2.75) is 27.4 Å². The summed E-state index contributed by atoms with van der Waals surface area (Å²) in [5, 5.41) is 0.522. The third-order valence-electron chi connectivity index (χ3n) is 3.71. The number of allylic oxidation sites excluding steroid dienone is 3. The monoisotopic (exact) mass is 272 g/mol. The summed E-state index contributed by atoms with van der Waals surface area (Å²) in [4.78, 5) is 14.4. The minimum absolute atomic E-state index is 0.313. The van der Waals surface area contributed by atoms with Crippen LogP contribution in [0.2, 0.25) is 0 Å². The van der Waals surface area contributed by atoms with Crippen LogP contribution in [0.25, 0.3) is 0 Å². The molecule has 1 aromatic carbocycles. The van der Waals surface area contributed by atoms with Crippen LogP contribution < -0.4 is 0 Å². The molecule has 3 aliphatic rings. The Morgan fingerprint density at radius 1 is 1.11 bits per heavy atom. The van der Waals surface area contributed by atoms with Crippen LogP contribution in [0, 0.1) is 0 Å². The summed E-state index contributed by atoms with van der Waals surface area (Å²) in [6.45, 7) is 0. The molecule has 0 N–H and O–H groups in total. The Morgan fingerprint density at radius 3 is 2.94 bits per heavy atom. The maximum Gasteiger partial charge on any atom is 0.164 e. The molecule has 2 unspecified atom stereocenters. The molecule has 1 nitrogen and oxygen atoms in total. The molecule has 90 valence electrons. The molecular weight excluding hydrogens is 260 g/mol. The van der Waals surface area contributed by atoms with E-state index in [2.05, 4.69) is 36.4 Å². The maximum absolute atomic E-state index is 11.9. The van der Waals surface area contributed by atoms with Crippen molar-refractivity contribution in [2.24, 2.45) is 0 Å². The molecule has 0 saturated heterocycles. The fourth-order valence-corrected chi connectivity index (χ4v) is 5.20. The zero-order valence-corrected chi connectivity index (χ0v) is 11.4. The normalized spacial score (nSPS) is 27.9. The molecular formula is C15H12OS2. The number of Topliss-reactive ketones (excluding diaryl/α,β-unsaturated/α-hetero) is 1. The second-order valence-corrected chi connectivity index (χ2v) is 7.14. The molecule has 2 atom stereocenters. The predicted molar refractivity (Wildman–Crippen MR) is 76.8 cm³/mol. The highest BCUT2D eigenvalue weighted by atomic mass is 32.2. The number of ketones is 1. The average molecular weight is 272 g/mol. The van der Waals surface area contributed by atoms with E-state index < -0.39 is 0 Å². The molecule has 0 aromatic heterocycles. The fraction of sp³-hybridized carbons (Fsp3) is 0.267. The molecule has 0 fully saturated rings. The lowest BCUT2D eigenvalue weighted by atomic mass is 9.91. The quantitative estimate of drug-likeness (QED) is 0.709. The van der Waals surface area contributed by atoms with Gasteiger partial charge in [-0.2, -0.15) is 0 Å². The van der Waals surface area contributed by atoms with Crippen molar-refractivity contribution in [1.82, 2.24) is 0 Å². The Labute approximate surface area is 115 Å². The lowest BCUT2D eigenvalue weighted by molar-refractivity contribution is 0.0984. The molecule has 3 heteroatoms. The summed E-state index contributed by atoms with van der Waals surface area (Å²) in [6.07, 6.45) is 9.50. The van der Waals surface area contributed by atoms with Gasteiger partial charge in [-0.3, -0.25) is 4.79 Å². The van der Waals surface area contributed by atoms with Crippen LogP contribution in [0.3, 0.4) is 0 Å². The van der Waals surface area contributed by atoms with Gasteiger partial charge in [0.05, 0.1) is 0 Å². The van der Waals surface area contributed by atoms with E-state index >= 15 is 0 Å². The zero-order chi connectivity index (χ0) is 12.1. The fourth-order valence-electron chi connectivity index (χ4n) is 2.79. The van der Waals surface area contributed by atoms with E-state index in [1.54, 1.807) is 0 Å². The summed E-state index contributed by atoms with van der Waals surface area (Å²) in [6, 6.07) is 4.39. The molecule has 4 rings (SSSR count). The Morgan fingerprint density at radius 2 is 2.00 bits per heavy atom. The molecule has 1 aromatic rings. The third-order valence-corrected chi connectivity index (χ3v) is 6.09. The topological polar surface area (TPSA) is 17.1 Å². The van der Waals surface area contributed by atoms with Gasteiger partial charge in [0.15, 0.2) is 5.78 Å². The number of carbonyl (C=O) groups excluding carboxylic acids is 1. The highest BCUT2D eigenvalue weighted by Crippen LogP contribution is 2.50. The molecule has 2 heterocycles. The SMILES string of the molecule is O=C1CCSc2cc3c(cc21)SC1C=CC=CC31. The zero-order valence-electron chi connectivity index (χ0n) is 9.76. The summed E-state index contributed by atoms with van der Waals surface area (Å²) in [5.74, 6) is 1.74. The molecule has 1 aliphatic carbocycles. The Bertz CT molecular complexity index is 601. The van der Waals surface area contributed by atoms with Gasteiger partial charge in [0, 0.05) is 38.7 Å². The number of carbonyl (C=O) groups is 1. The van der Waals surface area contributed by atoms with Gasteiger partial charge in [-0.25, -0.2) is 0 Å². The predicted octanol–water partition coefficient (Wildman–Crippen LogP) is 4.05. The second kappa shape index (κ2) is 4.04. The van der Waals surface area contributed by atoms with Gasteiger partial charge in [0.1, 0.15) is 0 Å². The number of fused-ring (bicyclic) bond motifs is 4. The number of hydrogen-bond acceptors (Lipinski definition) is 3. The lowest BCUT2D eigenvalue weighted by Gasteiger charge is -2.17. The number of hydrogen-bond donors (Lipinski definition) is 0. The number of rotatable bonds is 0. The number of thioether (sulfide) groups is 2. The summed E-state index contributed by atoms with van der Waals surface area (Å²) in [7, 11) is 0. The Hall–Kier alpha value is -0.930. The summed E-state index contributed by atoms with van der Waals surface area (Å²) >= 11 is 3.72. The first-order valence-electron chi connectivity index (χ1n) is 6.18. The van der Waals surface area contributed by atoms with Crippen LogP contribution in [0.5, 0.6) is 0 Å². The van der Waals surface area contributed by atoms with Gasteiger partial charge in [0.2, 0.25) is 0 Å². The van der Waals surface area contributed by atoms with Crippen molar-refractivity contribution in [3.63, 3.8) is 0 Å². The minimum Gasteiger partial charge on any atom is -0.294 e. The summed E-state index contributed by atoms with van der Waals surface area (Å²) < 4.78 is 0. The van der Waals surface area contributed by atoms with Crippen molar-refractivity contribution in [2.75, 3.05) is 5.75 Å². The van der Waals surface area contributed by atoms with E-state index in [-0.39, 0.29) is 0 Å². The average Bonchev–Trinajstić information content (AvgIpc) is 2.75. The van der Waals surface area contributed by atoms with Crippen LogP contribution in [0.15, 0.2) is 46.2 Å². The third kappa shape index (κ3) is 1.54. The lowest BCUT2D eigenvalue weighted by Crippen LogP contribution is -2.10. The van der Waals surface area contributed by atoms with Gasteiger partial charge in [-0.1, -0.05) is 24.3 Å². The van der Waals surface area contributed by atoms with Crippen molar-refractivity contribution >= 4 is 29.3 Å². The molecule has 0 spiro atoms. The minimum atomic E-state index is 0.313. The molecule has 0 bridgehead atoms. The molecule has 2 aliphatic heterocycles. The molecule has 0 amide bonds. The smallest absolute Gasteiger partial charge is 0.164 e. The van der Waals surface area contributed by atoms with E-state index in [1.807, 2.05) is 23.5 Å². The Kier molecular flexibility index (Phi) is 2.45. The van der Waals surface area contributed by atoms with Crippen molar-refractivity contribution in [3.05, 3.63) is 47.6 Å². The van der Waals surface area contributed by atoms with Crippen LogP contribution in [-0.4, -0.2) is 16.8 Å². The molecule has 0 saturated carbocycles. The van der Waals surface area contributed by atoms with Gasteiger partial charge in [-0.05, 0) is 17.7 Å². The first-order chi connectivity index (χ1) is 8.83. The van der Waals surface area contributed by atoms with Crippen LogP contribution in [0.1, 0.15) is 28.3 Å². The van der Waals surface area contributed by atoms with E-state index in [0.717, 1.165) is 11.3 Å². The van der Waals surface area contributed by atoms with Crippen molar-refractivity contribution < 1.29 is 4.79 Å². The highest BCUT2D eigenvalue weighted by Gasteiger charge is 2.33. The standard InChI is InChI=1S/C15H12OS2/c16-12-5-6-17-14-7-10-9-3-1-2-4-13(9)18-15(10)8-11(12)14/h1-4,7-9,13H,5-6H2. The largest absolute Gasteiger partial charge is 0.294 e. The van der Waals surface area contributed by atoms with E-state index in [1.165, 1.54) is 15.4 Å². The van der Waals surface area contributed by atoms with Gasteiger partial charge < -0.3 is 0 Å². The van der Waals surface area contributed by atoms with E-state index in [4.69, 9.17) is 0 Å². The van der Waals surface area contributed by atoms with Crippen molar-refractivity contribution in [1.29, 1.82) is 0 Å². The van der Waals surface area contributed by atoms with Gasteiger partial charge >= 0.3 is 0 Å². The highest BCUT2D eigenvalue weighted by molar-refractivity contribution is 8.00. The van der Waals surface area contributed by atoms with E-state index in [9.17, 15) is 4.79 Å². The molecule has 0 radical (unpaired) electrons. The first-order valence-corrected chi connectivity index (χ1v) is 8.05. The summed E-state index contributed by atoms with van der Waals surface area (Å²) in [5.41, 5.74) is 2.36. The van der Waals surface area contributed by atoms with Crippen LogP contribution in [0.4, 0.5) is 0 Å².